The first-order valence-electron chi connectivity index (χ1n) is 9.04. The third-order valence-electron chi connectivity index (χ3n) is 4.03. The molecule has 142 valence electrons. The van der Waals surface area contributed by atoms with Gasteiger partial charge in [0.05, 0.1) is 10.9 Å². The standard InChI is InChI=1S/C25H24IS2/c1-4-23(15-12-21(3)27-22-13-10-20(2)11-14-22)28(24-8-6-5-7-9-24)25-16-18-26-19-17-25/h4-19H,1H2,2-3H3/q+1/b21-12+,23-15+. The number of allylic oxidation sites excluding steroid dienone is 6. The van der Waals surface area contributed by atoms with Crippen molar-refractivity contribution < 1.29 is 0 Å². The summed E-state index contributed by atoms with van der Waals surface area (Å²) in [6.07, 6.45) is 11.1. The fourth-order valence-corrected chi connectivity index (χ4v) is 7.36. The van der Waals surface area contributed by atoms with E-state index in [1.54, 1.807) is 11.8 Å². The molecule has 2 aromatic carbocycles. The van der Waals surface area contributed by atoms with E-state index in [2.05, 4.69) is 107 Å². The van der Waals surface area contributed by atoms with Crippen LogP contribution in [0.2, 0.25) is 0 Å². The van der Waals surface area contributed by atoms with Crippen LogP contribution in [0.25, 0.3) is 0 Å². The van der Waals surface area contributed by atoms with Crippen molar-refractivity contribution in [3.8, 4) is 0 Å². The molecule has 0 aliphatic carbocycles. The van der Waals surface area contributed by atoms with E-state index < -0.39 is 0 Å². The van der Waals surface area contributed by atoms with Gasteiger partial charge in [0.1, 0.15) is 0 Å². The molecule has 0 amide bonds. The van der Waals surface area contributed by atoms with Gasteiger partial charge in [0, 0.05) is 4.90 Å². The highest BCUT2D eigenvalue weighted by Crippen LogP contribution is 2.33. The number of aryl methyl sites for hydroxylation is 1. The van der Waals surface area contributed by atoms with E-state index in [4.69, 9.17) is 0 Å². The maximum absolute atomic E-state index is 4.12. The molecule has 0 N–H and O–H groups in total. The molecule has 3 heteroatoms. The van der Waals surface area contributed by atoms with Gasteiger partial charge in [-0.05, 0) is 81.5 Å². The molecular weight excluding hydrogens is 491 g/mol. The van der Waals surface area contributed by atoms with E-state index in [0.29, 0.717) is 0 Å². The number of hydrogen-bond donors (Lipinski definition) is 0. The first-order valence-corrected chi connectivity index (χ1v) is 13.6. The minimum Gasteiger partial charge on any atom is -0.0949 e. The predicted molar refractivity (Wildman–Crippen MR) is 138 cm³/mol. The summed E-state index contributed by atoms with van der Waals surface area (Å²) in [6.45, 7) is 8.41. The summed E-state index contributed by atoms with van der Waals surface area (Å²) in [7, 11) is -0.128. The van der Waals surface area contributed by atoms with Crippen LogP contribution in [0.4, 0.5) is 0 Å². The van der Waals surface area contributed by atoms with Crippen molar-refractivity contribution >= 4 is 47.4 Å². The van der Waals surface area contributed by atoms with Crippen LogP contribution in [0.15, 0.2) is 120 Å². The molecule has 1 unspecified atom stereocenters. The second kappa shape index (κ2) is 10.8. The van der Waals surface area contributed by atoms with Crippen molar-refractivity contribution in [1.82, 2.24) is 0 Å². The van der Waals surface area contributed by atoms with Crippen LogP contribution in [-0.2, 0) is 10.9 Å². The molecule has 0 nitrogen and oxygen atoms in total. The molecule has 0 spiro atoms. The second-order valence-corrected chi connectivity index (χ2v) is 11.7. The summed E-state index contributed by atoms with van der Waals surface area (Å²) in [4.78, 5) is 6.48. The Bertz CT molecular complexity index is 961. The van der Waals surface area contributed by atoms with E-state index in [0.717, 1.165) is 0 Å². The minimum atomic E-state index is -0.128. The molecule has 0 aromatic heterocycles. The Morgan fingerprint density at radius 3 is 2.43 bits per heavy atom. The fourth-order valence-electron chi connectivity index (χ4n) is 2.64. The van der Waals surface area contributed by atoms with Gasteiger partial charge in [0.2, 0.25) is 0 Å². The van der Waals surface area contributed by atoms with Gasteiger partial charge in [0.25, 0.3) is 0 Å². The van der Waals surface area contributed by atoms with E-state index in [-0.39, 0.29) is 31.6 Å². The molecule has 0 radical (unpaired) electrons. The maximum Gasteiger partial charge on any atom is 0.167 e. The molecule has 0 saturated heterocycles. The highest BCUT2D eigenvalue weighted by atomic mass is 127. The number of hydrogen-bond acceptors (Lipinski definition) is 1. The number of halogens is 1. The topological polar surface area (TPSA) is 0 Å². The van der Waals surface area contributed by atoms with Gasteiger partial charge >= 0.3 is 0 Å². The highest BCUT2D eigenvalue weighted by Gasteiger charge is 2.30. The van der Waals surface area contributed by atoms with Crippen molar-refractivity contribution in [3.63, 3.8) is 0 Å². The zero-order chi connectivity index (χ0) is 19.8. The third-order valence-corrected chi connectivity index (χ3v) is 8.81. The molecule has 1 aliphatic rings. The third kappa shape index (κ3) is 5.97. The Kier molecular flexibility index (Phi) is 8.19. The molecule has 28 heavy (non-hydrogen) atoms. The average Bonchev–Trinajstić information content (AvgIpc) is 2.74. The van der Waals surface area contributed by atoms with Gasteiger partial charge in [-0.15, -0.1) is 0 Å². The Morgan fingerprint density at radius 1 is 1.04 bits per heavy atom. The SMILES string of the molecule is C=C/C(=C\C=C(/C)Sc1ccc(C)cc1)[S+](C1=CC=IC=C1)c1ccccc1. The molecule has 2 aromatic rings. The Labute approximate surface area is 185 Å². The summed E-state index contributed by atoms with van der Waals surface area (Å²) >= 11 is 1.88. The van der Waals surface area contributed by atoms with Crippen molar-refractivity contribution in [1.29, 1.82) is 0 Å². The largest absolute Gasteiger partial charge is 0.167 e. The quantitative estimate of drug-likeness (QED) is 0.156. The Balaban J connectivity index is 1.89. The van der Waals surface area contributed by atoms with Crippen molar-refractivity contribution in [3.05, 3.63) is 116 Å². The maximum atomic E-state index is 4.12. The monoisotopic (exact) mass is 515 g/mol. The van der Waals surface area contributed by atoms with Crippen LogP contribution in [-0.4, -0.2) is 4.01 Å². The van der Waals surface area contributed by atoms with E-state index in [1.807, 2.05) is 6.08 Å². The summed E-state index contributed by atoms with van der Waals surface area (Å²) in [5.74, 6) is 0. The fraction of sp³-hybridized carbons (Fsp3) is 0.0800. The lowest BCUT2D eigenvalue weighted by Gasteiger charge is -2.10. The van der Waals surface area contributed by atoms with Crippen LogP contribution >= 0.6 is 32.5 Å². The summed E-state index contributed by atoms with van der Waals surface area (Å²) in [5, 5.41) is 0. The Morgan fingerprint density at radius 2 is 1.79 bits per heavy atom. The normalized spacial score (nSPS) is 15.6. The number of thioether (sulfide) groups is 1. The second-order valence-electron chi connectivity index (χ2n) is 6.20. The zero-order valence-corrected chi connectivity index (χ0v) is 19.9. The summed E-state index contributed by atoms with van der Waals surface area (Å²) < 4.78 is 4.68. The first kappa shape index (κ1) is 21.2. The smallest absolute Gasteiger partial charge is 0.0949 e. The molecule has 3 rings (SSSR count). The van der Waals surface area contributed by atoms with E-state index >= 15 is 0 Å². The van der Waals surface area contributed by atoms with Crippen LogP contribution in [0.5, 0.6) is 0 Å². The van der Waals surface area contributed by atoms with Crippen molar-refractivity contribution in [2.75, 3.05) is 0 Å². The van der Waals surface area contributed by atoms with Gasteiger partial charge in [-0.25, -0.2) is 0 Å². The lowest BCUT2D eigenvalue weighted by molar-refractivity contribution is 1.38. The Hall–Kier alpha value is -1.56. The zero-order valence-electron chi connectivity index (χ0n) is 16.1. The molecular formula is C25H24IS2+. The molecule has 0 fully saturated rings. The van der Waals surface area contributed by atoms with Gasteiger partial charge in [0.15, 0.2) is 14.7 Å². The average molecular weight is 516 g/mol. The number of rotatable bonds is 7. The molecule has 0 bridgehead atoms. The van der Waals surface area contributed by atoms with Gasteiger partial charge in [-0.1, -0.05) is 75.0 Å². The molecule has 1 heterocycles. The molecule has 0 saturated carbocycles. The van der Waals surface area contributed by atoms with Gasteiger partial charge in [-0.2, -0.15) is 0 Å². The lowest BCUT2D eigenvalue weighted by Crippen LogP contribution is -2.07. The first-order chi connectivity index (χ1) is 13.7. The van der Waals surface area contributed by atoms with Gasteiger partial charge < -0.3 is 0 Å². The van der Waals surface area contributed by atoms with Crippen LogP contribution in [0.3, 0.4) is 0 Å². The van der Waals surface area contributed by atoms with Crippen molar-refractivity contribution in [2.45, 2.75) is 23.6 Å². The number of benzene rings is 2. The van der Waals surface area contributed by atoms with Crippen LogP contribution < -0.4 is 0 Å². The van der Waals surface area contributed by atoms with Crippen molar-refractivity contribution in [2.24, 2.45) is 0 Å². The minimum absolute atomic E-state index is 0.0792. The van der Waals surface area contributed by atoms with Crippen LogP contribution in [0, 0.1) is 6.92 Å². The van der Waals surface area contributed by atoms with Crippen LogP contribution in [0.1, 0.15) is 12.5 Å². The molecule has 1 atom stereocenters. The summed E-state index contributed by atoms with van der Waals surface area (Å²) in [5.41, 5.74) is 1.29. The summed E-state index contributed by atoms with van der Waals surface area (Å²) in [6, 6.07) is 19.4. The lowest BCUT2D eigenvalue weighted by atomic mass is 10.2. The van der Waals surface area contributed by atoms with Gasteiger partial charge in [-0.3, -0.25) is 0 Å². The van der Waals surface area contributed by atoms with E-state index in [9.17, 15) is 0 Å². The highest BCUT2D eigenvalue weighted by molar-refractivity contribution is 14.2. The van der Waals surface area contributed by atoms with E-state index in [1.165, 1.54) is 30.1 Å². The molecule has 1 aliphatic heterocycles. The predicted octanol–water partition coefficient (Wildman–Crippen LogP) is 7.92.